The Morgan fingerprint density at radius 2 is 2.05 bits per heavy atom. The van der Waals surface area contributed by atoms with E-state index in [1.807, 2.05) is 0 Å². The summed E-state index contributed by atoms with van der Waals surface area (Å²) in [6.07, 6.45) is 0.564. The van der Waals surface area contributed by atoms with Crippen LogP contribution in [-0.4, -0.2) is 31.9 Å². The zero-order valence-corrected chi connectivity index (χ0v) is 11.2. The molecule has 0 saturated heterocycles. The summed E-state index contributed by atoms with van der Waals surface area (Å²) in [5, 5.41) is 0. The first-order valence-corrected chi connectivity index (χ1v) is 6.77. The molecule has 0 aromatic carbocycles. The molecule has 0 aliphatic heterocycles. The highest BCUT2D eigenvalue weighted by molar-refractivity contribution is 7.87. The van der Waals surface area contributed by atoms with Crippen LogP contribution in [0.3, 0.4) is 0 Å². The quantitative estimate of drug-likeness (QED) is 0.344. The van der Waals surface area contributed by atoms with Gasteiger partial charge in [-0.15, -0.1) is 11.6 Å². The van der Waals surface area contributed by atoms with Crippen molar-refractivity contribution in [1.82, 2.24) is 0 Å². The van der Waals surface area contributed by atoms with Crippen molar-refractivity contribution in [1.29, 1.82) is 0 Å². The maximum atomic E-state index is 12.1. The number of methoxy groups -OCH3 is 1. The lowest BCUT2D eigenvalue weighted by Gasteiger charge is -2.27. The molecule has 0 N–H and O–H groups in total. The molecule has 0 saturated carbocycles. The van der Waals surface area contributed by atoms with Crippen LogP contribution < -0.4 is 0 Å². The molecular formula is C9H10ClF3O5S. The van der Waals surface area contributed by atoms with Crippen LogP contribution in [0.25, 0.3) is 0 Å². The number of carbonyl (C=O) groups is 1. The van der Waals surface area contributed by atoms with E-state index in [1.165, 1.54) is 0 Å². The Kier molecular flexibility index (Phi) is 4.40. The monoisotopic (exact) mass is 322 g/mol. The standard InChI is InChI=1S/C9H10ClF3O5S/c1-17-7(14)8(10)4-2-6(3-5-8)18-19(15,16)9(11,12)13/h2H,3-5H2,1H3. The number of alkyl halides is 4. The minimum Gasteiger partial charge on any atom is -0.468 e. The highest BCUT2D eigenvalue weighted by atomic mass is 35.5. The predicted molar refractivity (Wildman–Crippen MR) is 58.6 cm³/mol. The number of hydrogen-bond donors (Lipinski definition) is 0. The molecule has 0 aromatic heterocycles. The normalized spacial score (nSPS) is 24.6. The van der Waals surface area contributed by atoms with Gasteiger partial charge in [-0.05, 0) is 18.9 Å². The Morgan fingerprint density at radius 3 is 2.42 bits per heavy atom. The van der Waals surface area contributed by atoms with Crippen molar-refractivity contribution in [2.75, 3.05) is 7.11 Å². The molecule has 1 aliphatic rings. The number of hydrogen-bond acceptors (Lipinski definition) is 5. The Labute approximate surface area is 112 Å². The highest BCUT2D eigenvalue weighted by Gasteiger charge is 2.49. The Morgan fingerprint density at radius 1 is 1.47 bits per heavy atom. The zero-order chi connectivity index (χ0) is 14.9. The van der Waals surface area contributed by atoms with Gasteiger partial charge in [-0.1, -0.05) is 0 Å². The van der Waals surface area contributed by atoms with Gasteiger partial charge in [-0.25, -0.2) is 0 Å². The summed E-state index contributed by atoms with van der Waals surface area (Å²) in [6, 6.07) is 0. The molecule has 0 bridgehead atoms. The number of allylic oxidation sites excluding steroid dienone is 2. The molecule has 110 valence electrons. The molecule has 1 rings (SSSR count). The third-order valence-electron chi connectivity index (χ3n) is 2.47. The average molecular weight is 323 g/mol. The summed E-state index contributed by atoms with van der Waals surface area (Å²) in [6.45, 7) is 0. The van der Waals surface area contributed by atoms with Gasteiger partial charge in [0.1, 0.15) is 10.6 Å². The van der Waals surface area contributed by atoms with Gasteiger partial charge in [0.25, 0.3) is 0 Å². The largest absolute Gasteiger partial charge is 0.534 e. The van der Waals surface area contributed by atoms with Crippen LogP contribution in [0.4, 0.5) is 13.2 Å². The van der Waals surface area contributed by atoms with E-state index in [-0.39, 0.29) is 19.3 Å². The number of carbonyl (C=O) groups excluding carboxylic acids is 1. The van der Waals surface area contributed by atoms with Gasteiger partial charge in [0.2, 0.25) is 0 Å². The van der Waals surface area contributed by atoms with E-state index in [0.717, 1.165) is 13.2 Å². The van der Waals surface area contributed by atoms with Gasteiger partial charge in [-0.3, -0.25) is 4.79 Å². The lowest BCUT2D eigenvalue weighted by atomic mass is 9.92. The van der Waals surface area contributed by atoms with Crippen LogP contribution in [0.15, 0.2) is 11.8 Å². The van der Waals surface area contributed by atoms with E-state index in [0.29, 0.717) is 0 Å². The fraction of sp³-hybridized carbons (Fsp3) is 0.667. The summed E-state index contributed by atoms with van der Waals surface area (Å²) in [4.78, 5) is 9.92. The third-order valence-corrected chi connectivity index (χ3v) is 3.97. The minimum atomic E-state index is -5.69. The van der Waals surface area contributed by atoms with Crippen molar-refractivity contribution in [3.05, 3.63) is 11.8 Å². The molecule has 5 nitrogen and oxygen atoms in total. The molecule has 19 heavy (non-hydrogen) atoms. The fourth-order valence-electron chi connectivity index (χ4n) is 1.43. The summed E-state index contributed by atoms with van der Waals surface area (Å²) in [5.74, 6) is -1.12. The Hall–Kier alpha value is -0.960. The second kappa shape index (κ2) is 5.20. The first kappa shape index (κ1) is 16.1. The maximum absolute atomic E-state index is 12.1. The molecule has 0 radical (unpaired) electrons. The van der Waals surface area contributed by atoms with Gasteiger partial charge in [0.05, 0.1) is 7.11 Å². The number of halogens is 4. The van der Waals surface area contributed by atoms with Crippen molar-refractivity contribution >= 4 is 27.7 Å². The second-order valence-electron chi connectivity index (χ2n) is 3.81. The predicted octanol–water partition coefficient (Wildman–Crippen LogP) is 2.07. The summed E-state index contributed by atoms with van der Waals surface area (Å²) >= 11 is 5.91. The van der Waals surface area contributed by atoms with Gasteiger partial charge in [0, 0.05) is 6.42 Å². The molecular weight excluding hydrogens is 313 g/mol. The lowest BCUT2D eigenvalue weighted by Crippen LogP contribution is -2.36. The molecule has 1 unspecified atom stereocenters. The van der Waals surface area contributed by atoms with E-state index in [2.05, 4.69) is 8.92 Å². The van der Waals surface area contributed by atoms with E-state index in [9.17, 15) is 26.4 Å². The topological polar surface area (TPSA) is 69.7 Å². The zero-order valence-electron chi connectivity index (χ0n) is 9.66. The van der Waals surface area contributed by atoms with Crippen molar-refractivity contribution in [2.45, 2.75) is 29.6 Å². The van der Waals surface area contributed by atoms with Crippen LogP contribution in [0.1, 0.15) is 19.3 Å². The second-order valence-corrected chi connectivity index (χ2v) is 6.08. The van der Waals surface area contributed by atoms with Gasteiger partial charge >= 0.3 is 21.6 Å². The van der Waals surface area contributed by atoms with Crippen molar-refractivity contribution in [2.24, 2.45) is 0 Å². The molecule has 0 spiro atoms. The van der Waals surface area contributed by atoms with Crippen molar-refractivity contribution in [3.8, 4) is 0 Å². The molecule has 0 fully saturated rings. The first-order valence-electron chi connectivity index (χ1n) is 4.99. The van der Waals surface area contributed by atoms with Crippen molar-refractivity contribution < 1.29 is 35.3 Å². The fourth-order valence-corrected chi connectivity index (χ4v) is 2.21. The van der Waals surface area contributed by atoms with Crippen LogP contribution in [0.2, 0.25) is 0 Å². The van der Waals surface area contributed by atoms with Crippen LogP contribution >= 0.6 is 11.6 Å². The average Bonchev–Trinajstić information content (AvgIpc) is 2.29. The Balaban J connectivity index is 2.80. The van der Waals surface area contributed by atoms with Gasteiger partial charge < -0.3 is 8.92 Å². The molecule has 1 aliphatic carbocycles. The van der Waals surface area contributed by atoms with E-state index < -0.39 is 32.2 Å². The summed E-state index contributed by atoms with van der Waals surface area (Å²) in [7, 11) is -4.57. The maximum Gasteiger partial charge on any atom is 0.534 e. The number of rotatable bonds is 3. The SMILES string of the molecule is COC(=O)C1(Cl)CC=C(OS(=O)(=O)C(F)(F)F)CC1. The molecule has 0 aromatic rings. The van der Waals surface area contributed by atoms with Crippen LogP contribution in [0.5, 0.6) is 0 Å². The molecule has 0 amide bonds. The first-order chi connectivity index (χ1) is 8.52. The summed E-state index contributed by atoms with van der Waals surface area (Å²) < 4.78 is 66.2. The van der Waals surface area contributed by atoms with Crippen LogP contribution in [0, 0.1) is 0 Å². The molecule has 0 heterocycles. The van der Waals surface area contributed by atoms with E-state index >= 15 is 0 Å². The third kappa shape index (κ3) is 3.53. The molecule has 10 heteroatoms. The van der Waals surface area contributed by atoms with Gasteiger partial charge in [-0.2, -0.15) is 21.6 Å². The Bertz CT molecular complexity index is 498. The molecule has 1 atom stereocenters. The van der Waals surface area contributed by atoms with Crippen molar-refractivity contribution in [3.63, 3.8) is 0 Å². The highest BCUT2D eigenvalue weighted by Crippen LogP contribution is 2.37. The number of esters is 1. The minimum absolute atomic E-state index is 0.0829. The number of ether oxygens (including phenoxy) is 1. The lowest BCUT2D eigenvalue weighted by molar-refractivity contribution is -0.144. The summed E-state index contributed by atoms with van der Waals surface area (Å²) in [5.41, 5.74) is -5.49. The van der Waals surface area contributed by atoms with Gasteiger partial charge in [0.15, 0.2) is 0 Å². The van der Waals surface area contributed by atoms with E-state index in [4.69, 9.17) is 11.6 Å². The smallest absolute Gasteiger partial charge is 0.468 e. The van der Waals surface area contributed by atoms with Crippen LogP contribution in [-0.2, 0) is 23.8 Å². The van der Waals surface area contributed by atoms with E-state index in [1.54, 1.807) is 0 Å².